The number of carbonyl (C=O) groups is 1. The van der Waals surface area contributed by atoms with Gasteiger partial charge in [-0.3, -0.25) is 0 Å². The molecule has 1 rings (SSSR count). The van der Waals surface area contributed by atoms with Gasteiger partial charge in [-0.2, -0.15) is 0 Å². The minimum absolute atomic E-state index is 0.340. The molecule has 0 spiro atoms. The van der Waals surface area contributed by atoms with E-state index in [-0.39, 0.29) is 5.97 Å². The molecular weight excluding hydrogens is 224 g/mol. The number of hydrogen-bond donors (Lipinski definition) is 0. The van der Waals surface area contributed by atoms with Gasteiger partial charge in [0.05, 0.1) is 0 Å². The molecule has 2 nitrogen and oxygen atoms in total. The Labute approximate surface area is 109 Å². The average molecular weight is 244 g/mol. The van der Waals surface area contributed by atoms with Crippen molar-refractivity contribution in [2.45, 2.75) is 32.8 Å². The summed E-state index contributed by atoms with van der Waals surface area (Å²) >= 11 is 0. The SMILES string of the molecule is C=C(C)C(=O)OC(C)(C)CC=Cc1ccccc1. The van der Waals surface area contributed by atoms with Crippen molar-refractivity contribution in [3.63, 3.8) is 0 Å². The van der Waals surface area contributed by atoms with Crippen molar-refractivity contribution in [2.24, 2.45) is 0 Å². The van der Waals surface area contributed by atoms with Crippen LogP contribution in [0.15, 0.2) is 48.6 Å². The summed E-state index contributed by atoms with van der Waals surface area (Å²) in [5.41, 5.74) is 1.05. The first-order valence-electron chi connectivity index (χ1n) is 6.01. The molecule has 1 aromatic rings. The third-order valence-electron chi connectivity index (χ3n) is 2.44. The molecule has 0 aliphatic rings. The summed E-state index contributed by atoms with van der Waals surface area (Å²) < 4.78 is 5.35. The lowest BCUT2D eigenvalue weighted by Crippen LogP contribution is -2.27. The van der Waals surface area contributed by atoms with Crippen LogP contribution in [0.5, 0.6) is 0 Å². The van der Waals surface area contributed by atoms with Gasteiger partial charge >= 0.3 is 5.97 Å². The molecule has 0 fully saturated rings. The first-order chi connectivity index (χ1) is 8.41. The molecule has 0 radical (unpaired) electrons. The first kappa shape index (κ1) is 14.2. The largest absolute Gasteiger partial charge is 0.456 e. The molecule has 1 aromatic carbocycles. The summed E-state index contributed by atoms with van der Waals surface area (Å²) in [4.78, 5) is 11.4. The van der Waals surface area contributed by atoms with Crippen molar-refractivity contribution >= 4 is 12.0 Å². The Morgan fingerprint density at radius 2 is 1.94 bits per heavy atom. The molecule has 2 heteroatoms. The normalized spacial score (nSPS) is 11.5. The highest BCUT2D eigenvalue weighted by Gasteiger charge is 2.21. The third-order valence-corrected chi connectivity index (χ3v) is 2.44. The second-order valence-electron chi connectivity index (χ2n) is 4.95. The van der Waals surface area contributed by atoms with Crippen molar-refractivity contribution in [1.82, 2.24) is 0 Å². The maximum Gasteiger partial charge on any atom is 0.333 e. The third kappa shape index (κ3) is 5.00. The van der Waals surface area contributed by atoms with E-state index >= 15 is 0 Å². The number of ether oxygens (including phenoxy) is 1. The number of esters is 1. The van der Waals surface area contributed by atoms with Crippen LogP contribution in [0.2, 0.25) is 0 Å². The van der Waals surface area contributed by atoms with E-state index in [9.17, 15) is 4.79 Å². The van der Waals surface area contributed by atoms with Gasteiger partial charge in [0.25, 0.3) is 0 Å². The van der Waals surface area contributed by atoms with Crippen molar-refractivity contribution < 1.29 is 9.53 Å². The van der Waals surface area contributed by atoms with Crippen LogP contribution in [-0.2, 0) is 9.53 Å². The molecule has 0 aliphatic carbocycles. The molecule has 0 atom stereocenters. The lowest BCUT2D eigenvalue weighted by molar-refractivity contribution is -0.151. The molecular formula is C16H20O2. The van der Waals surface area contributed by atoms with E-state index in [0.29, 0.717) is 12.0 Å². The van der Waals surface area contributed by atoms with Gasteiger partial charge in [-0.05, 0) is 26.3 Å². The fourth-order valence-electron chi connectivity index (χ4n) is 1.42. The van der Waals surface area contributed by atoms with Crippen molar-refractivity contribution in [1.29, 1.82) is 0 Å². The first-order valence-corrected chi connectivity index (χ1v) is 6.01. The molecule has 0 bridgehead atoms. The molecule has 0 unspecified atom stereocenters. The maximum atomic E-state index is 11.4. The Hall–Kier alpha value is -1.83. The van der Waals surface area contributed by atoms with Gasteiger partial charge < -0.3 is 4.74 Å². The molecule has 96 valence electrons. The van der Waals surface area contributed by atoms with Gasteiger partial charge in [-0.1, -0.05) is 49.1 Å². The summed E-state index contributed by atoms with van der Waals surface area (Å²) in [6.45, 7) is 9.01. The van der Waals surface area contributed by atoms with Gasteiger partial charge in [-0.15, -0.1) is 0 Å². The van der Waals surface area contributed by atoms with Crippen LogP contribution in [0.1, 0.15) is 32.8 Å². The molecule has 0 aliphatic heterocycles. The summed E-state index contributed by atoms with van der Waals surface area (Å²) in [5, 5.41) is 0. The van der Waals surface area contributed by atoms with Gasteiger partial charge in [0.2, 0.25) is 0 Å². The molecule has 0 aromatic heterocycles. The van der Waals surface area contributed by atoms with Crippen molar-refractivity contribution in [2.75, 3.05) is 0 Å². The number of hydrogen-bond acceptors (Lipinski definition) is 2. The van der Waals surface area contributed by atoms with Crippen molar-refractivity contribution in [3.8, 4) is 0 Å². The summed E-state index contributed by atoms with van der Waals surface area (Å²) in [5.74, 6) is -0.340. The second-order valence-corrected chi connectivity index (χ2v) is 4.95. The van der Waals surface area contributed by atoms with Gasteiger partial charge in [0, 0.05) is 12.0 Å². The van der Waals surface area contributed by atoms with Crippen LogP contribution < -0.4 is 0 Å². The van der Waals surface area contributed by atoms with E-state index in [0.717, 1.165) is 5.56 Å². The van der Waals surface area contributed by atoms with Crippen LogP contribution in [0, 0.1) is 0 Å². The van der Waals surface area contributed by atoms with Crippen LogP contribution in [0.4, 0.5) is 0 Å². The van der Waals surface area contributed by atoms with E-state index in [1.165, 1.54) is 0 Å². The van der Waals surface area contributed by atoms with E-state index in [1.807, 2.05) is 56.3 Å². The van der Waals surface area contributed by atoms with E-state index in [2.05, 4.69) is 6.58 Å². The molecule has 18 heavy (non-hydrogen) atoms. The Morgan fingerprint density at radius 1 is 1.33 bits per heavy atom. The lowest BCUT2D eigenvalue weighted by atomic mass is 10.0. The highest BCUT2D eigenvalue weighted by atomic mass is 16.6. The summed E-state index contributed by atoms with van der Waals surface area (Å²) in [6.07, 6.45) is 4.71. The second kappa shape index (κ2) is 6.20. The fourth-order valence-corrected chi connectivity index (χ4v) is 1.42. The highest BCUT2D eigenvalue weighted by molar-refractivity contribution is 5.87. The van der Waals surface area contributed by atoms with Crippen LogP contribution in [0.25, 0.3) is 6.08 Å². The Balaban J connectivity index is 2.54. The van der Waals surface area contributed by atoms with Crippen molar-refractivity contribution in [3.05, 3.63) is 54.1 Å². The van der Waals surface area contributed by atoms with Crippen LogP contribution in [-0.4, -0.2) is 11.6 Å². The minimum Gasteiger partial charge on any atom is -0.456 e. The molecule has 0 saturated carbocycles. The highest BCUT2D eigenvalue weighted by Crippen LogP contribution is 2.17. The number of rotatable bonds is 5. The standard InChI is InChI=1S/C16H20O2/c1-13(2)15(17)18-16(3,4)12-8-11-14-9-6-5-7-10-14/h5-11H,1,12H2,2-4H3. The van der Waals surface area contributed by atoms with Gasteiger partial charge in [-0.25, -0.2) is 4.79 Å². The number of benzene rings is 1. The Bertz CT molecular complexity index is 441. The predicted octanol–water partition coefficient (Wildman–Crippen LogP) is 3.99. The molecule has 0 amide bonds. The summed E-state index contributed by atoms with van der Waals surface area (Å²) in [7, 11) is 0. The molecule has 0 saturated heterocycles. The molecule has 0 heterocycles. The zero-order valence-electron chi connectivity index (χ0n) is 11.3. The van der Waals surface area contributed by atoms with Crippen LogP contribution >= 0.6 is 0 Å². The zero-order chi connectivity index (χ0) is 13.6. The molecule has 0 N–H and O–H groups in total. The maximum absolute atomic E-state index is 11.4. The Kier molecular flexibility index (Phi) is 4.90. The topological polar surface area (TPSA) is 26.3 Å². The van der Waals surface area contributed by atoms with E-state index in [4.69, 9.17) is 4.74 Å². The average Bonchev–Trinajstić information content (AvgIpc) is 2.29. The van der Waals surface area contributed by atoms with Gasteiger partial charge in [0.1, 0.15) is 5.60 Å². The lowest BCUT2D eigenvalue weighted by Gasteiger charge is -2.23. The van der Waals surface area contributed by atoms with Crippen LogP contribution in [0.3, 0.4) is 0 Å². The quantitative estimate of drug-likeness (QED) is 0.578. The smallest absolute Gasteiger partial charge is 0.333 e. The van der Waals surface area contributed by atoms with E-state index < -0.39 is 5.60 Å². The predicted molar refractivity (Wildman–Crippen MR) is 75.1 cm³/mol. The fraction of sp³-hybridized carbons (Fsp3) is 0.312. The minimum atomic E-state index is -0.513. The number of carbonyl (C=O) groups excluding carboxylic acids is 1. The van der Waals surface area contributed by atoms with E-state index in [1.54, 1.807) is 6.92 Å². The monoisotopic (exact) mass is 244 g/mol. The summed E-state index contributed by atoms with van der Waals surface area (Å²) in [6, 6.07) is 10.0. The van der Waals surface area contributed by atoms with Gasteiger partial charge in [0.15, 0.2) is 0 Å². The zero-order valence-corrected chi connectivity index (χ0v) is 11.3. The Morgan fingerprint density at radius 3 is 2.50 bits per heavy atom.